The Morgan fingerprint density at radius 2 is 2.10 bits per heavy atom. The minimum absolute atomic E-state index is 0.326. The molecule has 0 fully saturated rings. The van der Waals surface area contributed by atoms with Gasteiger partial charge in [0.1, 0.15) is 11.6 Å². The highest BCUT2D eigenvalue weighted by molar-refractivity contribution is 9.10. The van der Waals surface area contributed by atoms with Gasteiger partial charge in [0.15, 0.2) is 0 Å². The van der Waals surface area contributed by atoms with Crippen LogP contribution in [0.25, 0.3) is 0 Å². The molecule has 2 aromatic rings. The number of methoxy groups -OCH3 is 1. The maximum atomic E-state index is 13.9. The minimum Gasteiger partial charge on any atom is -0.496 e. The van der Waals surface area contributed by atoms with E-state index in [4.69, 9.17) is 22.1 Å². The minimum atomic E-state index is -0.488. The summed E-state index contributed by atoms with van der Waals surface area (Å²) in [6.07, 6.45) is 0.434. The summed E-state index contributed by atoms with van der Waals surface area (Å²) in [6, 6.07) is 9.63. The van der Waals surface area contributed by atoms with Crippen LogP contribution < -0.4 is 10.5 Å². The van der Waals surface area contributed by atoms with Crippen molar-refractivity contribution in [2.45, 2.75) is 12.5 Å². The predicted octanol–water partition coefficient (Wildman–Crippen LogP) is 4.49. The first kappa shape index (κ1) is 15.3. The summed E-state index contributed by atoms with van der Waals surface area (Å²) in [5, 5.41) is 0.598. The molecule has 0 amide bonds. The summed E-state index contributed by atoms with van der Waals surface area (Å²) in [4.78, 5) is 0. The zero-order chi connectivity index (χ0) is 14.7. The summed E-state index contributed by atoms with van der Waals surface area (Å²) in [7, 11) is 1.58. The molecule has 0 saturated heterocycles. The highest BCUT2D eigenvalue weighted by Crippen LogP contribution is 2.31. The third kappa shape index (κ3) is 3.32. The molecule has 0 aromatic heterocycles. The molecule has 0 aliphatic carbocycles. The normalized spacial score (nSPS) is 12.2. The van der Waals surface area contributed by atoms with Crippen molar-refractivity contribution in [3.05, 3.63) is 62.8 Å². The lowest BCUT2D eigenvalue weighted by atomic mass is 9.98. The summed E-state index contributed by atoms with van der Waals surface area (Å²) in [5.41, 5.74) is 7.44. The van der Waals surface area contributed by atoms with Crippen LogP contribution in [0.5, 0.6) is 5.75 Å². The molecule has 1 unspecified atom stereocenters. The first-order valence-corrected chi connectivity index (χ1v) is 7.22. The predicted molar refractivity (Wildman–Crippen MR) is 82.7 cm³/mol. The molecule has 0 radical (unpaired) electrons. The van der Waals surface area contributed by atoms with Gasteiger partial charge in [0.25, 0.3) is 0 Å². The van der Waals surface area contributed by atoms with Gasteiger partial charge in [-0.1, -0.05) is 33.6 Å². The van der Waals surface area contributed by atoms with Crippen molar-refractivity contribution < 1.29 is 9.13 Å². The van der Waals surface area contributed by atoms with Crippen LogP contribution in [-0.2, 0) is 6.42 Å². The molecule has 20 heavy (non-hydrogen) atoms. The number of hydrogen-bond donors (Lipinski definition) is 1. The van der Waals surface area contributed by atoms with E-state index in [1.807, 2.05) is 0 Å². The number of halogens is 3. The fourth-order valence-corrected chi connectivity index (χ4v) is 2.94. The zero-order valence-corrected chi connectivity index (χ0v) is 13.2. The van der Waals surface area contributed by atoms with Crippen molar-refractivity contribution in [3.8, 4) is 5.75 Å². The van der Waals surface area contributed by atoms with Gasteiger partial charge in [-0.05, 0) is 42.3 Å². The second-order valence-corrected chi connectivity index (χ2v) is 5.69. The van der Waals surface area contributed by atoms with E-state index in [1.165, 1.54) is 6.07 Å². The van der Waals surface area contributed by atoms with Crippen molar-refractivity contribution in [1.82, 2.24) is 0 Å². The van der Waals surface area contributed by atoms with E-state index in [9.17, 15) is 4.39 Å². The Hall–Kier alpha value is -1.10. The van der Waals surface area contributed by atoms with Gasteiger partial charge in [0.2, 0.25) is 0 Å². The first-order chi connectivity index (χ1) is 9.52. The molecule has 0 aliphatic rings. The molecular weight excluding hydrogens is 345 g/mol. The third-order valence-electron chi connectivity index (χ3n) is 3.05. The maximum Gasteiger partial charge on any atom is 0.129 e. The number of rotatable bonds is 4. The maximum absolute atomic E-state index is 13.9. The molecule has 0 aliphatic heterocycles. The van der Waals surface area contributed by atoms with Crippen LogP contribution in [0.2, 0.25) is 5.02 Å². The third-order valence-corrected chi connectivity index (χ3v) is 3.98. The Kier molecular flexibility index (Phi) is 5.02. The summed E-state index contributed by atoms with van der Waals surface area (Å²) >= 11 is 9.32. The van der Waals surface area contributed by atoms with Crippen LogP contribution in [0.4, 0.5) is 4.39 Å². The number of nitrogens with two attached hydrogens (primary N) is 1. The van der Waals surface area contributed by atoms with E-state index in [0.717, 1.165) is 5.56 Å². The fourth-order valence-electron chi connectivity index (χ4n) is 2.11. The van der Waals surface area contributed by atoms with Gasteiger partial charge in [0.05, 0.1) is 7.11 Å². The second-order valence-electron chi connectivity index (χ2n) is 4.40. The van der Waals surface area contributed by atoms with Gasteiger partial charge in [-0.3, -0.25) is 0 Å². The van der Waals surface area contributed by atoms with Crippen LogP contribution in [0.3, 0.4) is 0 Å². The first-order valence-electron chi connectivity index (χ1n) is 6.05. The standard InChI is InChI=1S/C15H14BrClFNO/c1-20-14-6-5-10(17)7-9(14)8-13(19)15-11(16)3-2-4-12(15)18/h2-7,13H,8,19H2,1H3. The zero-order valence-electron chi connectivity index (χ0n) is 10.9. The second kappa shape index (κ2) is 6.57. The van der Waals surface area contributed by atoms with Crippen LogP contribution in [-0.4, -0.2) is 7.11 Å². The fraction of sp³-hybridized carbons (Fsp3) is 0.200. The number of benzene rings is 2. The average Bonchev–Trinajstić information content (AvgIpc) is 2.38. The van der Waals surface area contributed by atoms with Crippen LogP contribution in [0.15, 0.2) is 40.9 Å². The van der Waals surface area contributed by atoms with Gasteiger partial charge in [-0.25, -0.2) is 4.39 Å². The Labute approximate surface area is 130 Å². The van der Waals surface area contributed by atoms with Gasteiger partial charge in [-0.15, -0.1) is 0 Å². The van der Waals surface area contributed by atoms with Gasteiger partial charge >= 0.3 is 0 Å². The lowest BCUT2D eigenvalue weighted by molar-refractivity contribution is 0.407. The van der Waals surface area contributed by atoms with E-state index in [1.54, 1.807) is 37.4 Å². The Morgan fingerprint density at radius 3 is 2.75 bits per heavy atom. The van der Waals surface area contributed by atoms with Gasteiger partial charge < -0.3 is 10.5 Å². The van der Waals surface area contributed by atoms with Crippen LogP contribution in [0, 0.1) is 5.82 Å². The highest BCUT2D eigenvalue weighted by Gasteiger charge is 2.17. The van der Waals surface area contributed by atoms with Crippen molar-refractivity contribution in [1.29, 1.82) is 0 Å². The molecule has 5 heteroatoms. The Bertz CT molecular complexity index is 601. The lowest BCUT2D eigenvalue weighted by Gasteiger charge is -2.17. The SMILES string of the molecule is COc1ccc(Cl)cc1CC(N)c1c(F)cccc1Br. The molecule has 0 spiro atoms. The molecule has 0 bridgehead atoms. The summed E-state index contributed by atoms with van der Waals surface area (Å²) < 4.78 is 19.8. The molecular formula is C15H14BrClFNO. The quantitative estimate of drug-likeness (QED) is 0.874. The number of ether oxygens (including phenoxy) is 1. The molecule has 0 heterocycles. The van der Waals surface area contributed by atoms with Gasteiger partial charge in [-0.2, -0.15) is 0 Å². The van der Waals surface area contributed by atoms with Crippen LogP contribution in [0.1, 0.15) is 17.2 Å². The van der Waals surface area contributed by atoms with Crippen molar-refractivity contribution in [2.75, 3.05) is 7.11 Å². The van der Waals surface area contributed by atoms with Gasteiger partial charge in [0, 0.05) is 21.1 Å². The van der Waals surface area contributed by atoms with E-state index < -0.39 is 6.04 Å². The highest BCUT2D eigenvalue weighted by atomic mass is 79.9. The molecule has 0 saturated carbocycles. The summed E-state index contributed by atoms with van der Waals surface area (Å²) in [5.74, 6) is 0.366. The van der Waals surface area contributed by atoms with E-state index >= 15 is 0 Å². The van der Waals surface area contributed by atoms with E-state index in [2.05, 4.69) is 15.9 Å². The van der Waals surface area contributed by atoms with E-state index in [-0.39, 0.29) is 5.82 Å². The Morgan fingerprint density at radius 1 is 1.35 bits per heavy atom. The molecule has 2 nitrogen and oxygen atoms in total. The molecule has 2 N–H and O–H groups in total. The lowest BCUT2D eigenvalue weighted by Crippen LogP contribution is -2.16. The van der Waals surface area contributed by atoms with Crippen LogP contribution >= 0.6 is 27.5 Å². The van der Waals surface area contributed by atoms with Crippen molar-refractivity contribution in [2.24, 2.45) is 5.73 Å². The van der Waals surface area contributed by atoms with Crippen molar-refractivity contribution in [3.63, 3.8) is 0 Å². The topological polar surface area (TPSA) is 35.2 Å². The summed E-state index contributed by atoms with van der Waals surface area (Å²) in [6.45, 7) is 0. The number of hydrogen-bond acceptors (Lipinski definition) is 2. The molecule has 1 atom stereocenters. The average molecular weight is 359 g/mol. The van der Waals surface area contributed by atoms with Crippen molar-refractivity contribution >= 4 is 27.5 Å². The smallest absolute Gasteiger partial charge is 0.129 e. The largest absolute Gasteiger partial charge is 0.496 e. The molecule has 106 valence electrons. The van der Waals surface area contributed by atoms with E-state index in [0.29, 0.717) is 27.2 Å². The molecule has 2 aromatic carbocycles. The monoisotopic (exact) mass is 357 g/mol. The molecule has 2 rings (SSSR count). The Balaban J connectivity index is 2.32.